The molecule has 6 nitrogen and oxygen atoms in total. The minimum Gasteiger partial charge on any atom is -0.352 e. The monoisotopic (exact) mass is 407 g/mol. The summed E-state index contributed by atoms with van der Waals surface area (Å²) in [4.78, 5) is 39.5. The van der Waals surface area contributed by atoms with Crippen LogP contribution in [0.15, 0.2) is 48.5 Å². The molecule has 1 aliphatic rings. The van der Waals surface area contributed by atoms with Gasteiger partial charge in [-0.15, -0.1) is 0 Å². The van der Waals surface area contributed by atoms with Crippen molar-refractivity contribution in [3.63, 3.8) is 0 Å². The van der Waals surface area contributed by atoms with Crippen LogP contribution in [-0.2, 0) is 16.0 Å². The lowest BCUT2D eigenvalue weighted by atomic mass is 10.1. The van der Waals surface area contributed by atoms with Gasteiger partial charge in [0.15, 0.2) is 0 Å². The second-order valence-corrected chi connectivity index (χ2v) is 8.06. The Morgan fingerprint density at radius 1 is 1.10 bits per heavy atom. The highest BCUT2D eigenvalue weighted by molar-refractivity contribution is 6.07. The molecule has 158 valence electrons. The van der Waals surface area contributed by atoms with Crippen molar-refractivity contribution in [2.45, 2.75) is 33.6 Å². The first-order valence-electron chi connectivity index (χ1n) is 10.5. The molecule has 30 heavy (non-hydrogen) atoms. The number of nitrogens with zero attached hydrogens (tertiary/aromatic N) is 1. The Morgan fingerprint density at radius 2 is 1.80 bits per heavy atom. The lowest BCUT2D eigenvalue weighted by Crippen LogP contribution is -2.30. The number of anilines is 2. The zero-order chi connectivity index (χ0) is 21.7. The first-order valence-corrected chi connectivity index (χ1v) is 10.5. The van der Waals surface area contributed by atoms with Gasteiger partial charge in [0, 0.05) is 25.2 Å². The molecule has 6 heteroatoms. The van der Waals surface area contributed by atoms with Crippen LogP contribution in [0.25, 0.3) is 0 Å². The highest BCUT2D eigenvalue weighted by Gasteiger charge is 2.35. The van der Waals surface area contributed by atoms with Gasteiger partial charge in [-0.25, -0.2) is 0 Å². The maximum atomic E-state index is 12.9. The Balaban J connectivity index is 1.68. The minimum atomic E-state index is -0.463. The third-order valence-electron chi connectivity index (χ3n) is 5.25. The lowest BCUT2D eigenvalue weighted by molar-refractivity contribution is -0.122. The van der Waals surface area contributed by atoms with Gasteiger partial charge in [-0.3, -0.25) is 14.4 Å². The number of amides is 3. The van der Waals surface area contributed by atoms with Crippen molar-refractivity contribution in [2.24, 2.45) is 11.8 Å². The van der Waals surface area contributed by atoms with Crippen LogP contribution in [0, 0.1) is 11.8 Å². The molecule has 0 aromatic heterocycles. The molecule has 1 fully saturated rings. The maximum Gasteiger partial charge on any atom is 0.253 e. The van der Waals surface area contributed by atoms with Gasteiger partial charge in [-0.05, 0) is 42.2 Å². The lowest BCUT2D eigenvalue weighted by Gasteiger charge is -2.17. The van der Waals surface area contributed by atoms with E-state index in [-0.39, 0.29) is 24.1 Å². The third-order valence-corrected chi connectivity index (χ3v) is 5.25. The Morgan fingerprint density at radius 3 is 2.47 bits per heavy atom. The van der Waals surface area contributed by atoms with Gasteiger partial charge in [0.2, 0.25) is 11.8 Å². The molecule has 1 aliphatic heterocycles. The molecule has 1 atom stereocenters. The number of benzene rings is 2. The summed E-state index contributed by atoms with van der Waals surface area (Å²) in [6.45, 7) is 7.01. The van der Waals surface area contributed by atoms with Crippen molar-refractivity contribution >= 4 is 29.1 Å². The fourth-order valence-corrected chi connectivity index (χ4v) is 3.46. The largest absolute Gasteiger partial charge is 0.352 e. The van der Waals surface area contributed by atoms with Crippen molar-refractivity contribution in [1.29, 1.82) is 0 Å². The zero-order valence-electron chi connectivity index (χ0n) is 17.8. The molecule has 3 amide bonds. The molecule has 0 radical (unpaired) electrons. The SMILES string of the molecule is CCc1ccc(N2C[C@@H](C(=O)Nc3ccccc3C(=O)NCC(C)C)CC2=O)cc1. The predicted molar refractivity (Wildman–Crippen MR) is 119 cm³/mol. The first-order chi connectivity index (χ1) is 14.4. The number of aryl methyl sites for hydroxylation is 1. The van der Waals surface area contributed by atoms with Gasteiger partial charge in [0.25, 0.3) is 5.91 Å². The summed E-state index contributed by atoms with van der Waals surface area (Å²) in [5.41, 5.74) is 2.89. The van der Waals surface area contributed by atoms with Crippen LogP contribution in [0.4, 0.5) is 11.4 Å². The summed E-state index contributed by atoms with van der Waals surface area (Å²) in [6, 6.07) is 14.8. The molecule has 0 unspecified atom stereocenters. The van der Waals surface area contributed by atoms with Gasteiger partial charge >= 0.3 is 0 Å². The van der Waals surface area contributed by atoms with E-state index in [2.05, 4.69) is 17.6 Å². The molecule has 0 bridgehead atoms. The molecule has 0 aliphatic carbocycles. The first kappa shape index (κ1) is 21.6. The van der Waals surface area contributed by atoms with E-state index in [4.69, 9.17) is 0 Å². The fraction of sp³-hybridized carbons (Fsp3) is 0.375. The maximum absolute atomic E-state index is 12.9. The number of para-hydroxylation sites is 1. The standard InChI is InChI=1S/C24H29N3O3/c1-4-17-9-11-19(12-10-17)27-15-18(13-22(27)28)23(29)26-21-8-6-5-7-20(21)24(30)25-14-16(2)3/h5-12,16,18H,4,13-15H2,1-3H3,(H,25,30)(H,26,29)/t18-/m0/s1. The van der Waals surface area contributed by atoms with E-state index in [1.807, 2.05) is 38.1 Å². The zero-order valence-corrected chi connectivity index (χ0v) is 17.8. The van der Waals surface area contributed by atoms with E-state index >= 15 is 0 Å². The summed E-state index contributed by atoms with van der Waals surface area (Å²) >= 11 is 0. The summed E-state index contributed by atoms with van der Waals surface area (Å²) in [5.74, 6) is -0.671. The summed E-state index contributed by atoms with van der Waals surface area (Å²) in [5, 5.41) is 5.73. The van der Waals surface area contributed by atoms with Crippen molar-refractivity contribution in [1.82, 2.24) is 5.32 Å². The molecule has 0 spiro atoms. The van der Waals surface area contributed by atoms with Crippen molar-refractivity contribution in [2.75, 3.05) is 23.3 Å². The van der Waals surface area contributed by atoms with E-state index in [9.17, 15) is 14.4 Å². The molecule has 2 N–H and O–H groups in total. The quantitative estimate of drug-likeness (QED) is 0.736. The number of carbonyl (C=O) groups excluding carboxylic acids is 3. The molecular formula is C24H29N3O3. The summed E-state index contributed by atoms with van der Waals surface area (Å²) in [6.07, 6.45) is 1.09. The number of hydrogen-bond acceptors (Lipinski definition) is 3. The van der Waals surface area contributed by atoms with Crippen LogP contribution in [0.1, 0.15) is 43.1 Å². The van der Waals surface area contributed by atoms with Crippen molar-refractivity contribution < 1.29 is 14.4 Å². The van der Waals surface area contributed by atoms with Crippen LogP contribution >= 0.6 is 0 Å². The normalized spacial score (nSPS) is 16.1. The van der Waals surface area contributed by atoms with Crippen LogP contribution in [0.3, 0.4) is 0 Å². The smallest absolute Gasteiger partial charge is 0.253 e. The van der Waals surface area contributed by atoms with E-state index in [1.165, 1.54) is 5.56 Å². The van der Waals surface area contributed by atoms with Crippen LogP contribution in [0.2, 0.25) is 0 Å². The fourth-order valence-electron chi connectivity index (χ4n) is 3.46. The molecule has 2 aromatic rings. The van der Waals surface area contributed by atoms with Gasteiger partial charge < -0.3 is 15.5 Å². The van der Waals surface area contributed by atoms with Crippen molar-refractivity contribution in [3.05, 3.63) is 59.7 Å². The molecule has 2 aromatic carbocycles. The minimum absolute atomic E-state index is 0.0673. The van der Waals surface area contributed by atoms with Gasteiger partial charge in [0.05, 0.1) is 17.2 Å². The topological polar surface area (TPSA) is 78.5 Å². The van der Waals surface area contributed by atoms with Gasteiger partial charge in [0.1, 0.15) is 0 Å². The van der Waals surface area contributed by atoms with Gasteiger partial charge in [-0.2, -0.15) is 0 Å². The molecule has 3 rings (SSSR count). The Kier molecular flexibility index (Phi) is 6.87. The van der Waals surface area contributed by atoms with Crippen LogP contribution < -0.4 is 15.5 Å². The van der Waals surface area contributed by atoms with Crippen molar-refractivity contribution in [3.8, 4) is 0 Å². The third kappa shape index (κ3) is 5.06. The van der Waals surface area contributed by atoms with E-state index in [0.29, 0.717) is 30.3 Å². The van der Waals surface area contributed by atoms with Crippen LogP contribution in [0.5, 0.6) is 0 Å². The highest BCUT2D eigenvalue weighted by Crippen LogP contribution is 2.27. The number of carbonyl (C=O) groups is 3. The molecule has 1 heterocycles. The Bertz CT molecular complexity index is 922. The average molecular weight is 408 g/mol. The second kappa shape index (κ2) is 9.57. The highest BCUT2D eigenvalue weighted by atomic mass is 16.2. The predicted octanol–water partition coefficient (Wildman–Crippen LogP) is 3.63. The number of nitrogens with one attached hydrogen (secondary N) is 2. The van der Waals surface area contributed by atoms with E-state index < -0.39 is 5.92 Å². The number of rotatable bonds is 7. The summed E-state index contributed by atoms with van der Waals surface area (Å²) < 4.78 is 0. The van der Waals surface area contributed by atoms with Crippen LogP contribution in [-0.4, -0.2) is 30.8 Å². The van der Waals surface area contributed by atoms with E-state index in [1.54, 1.807) is 29.2 Å². The average Bonchev–Trinajstić information content (AvgIpc) is 3.14. The molecular weight excluding hydrogens is 378 g/mol. The van der Waals surface area contributed by atoms with Gasteiger partial charge in [-0.1, -0.05) is 45.0 Å². The Labute approximate surface area is 177 Å². The summed E-state index contributed by atoms with van der Waals surface area (Å²) in [7, 11) is 0. The second-order valence-electron chi connectivity index (χ2n) is 8.06. The Hall–Kier alpha value is -3.15. The number of hydrogen-bond donors (Lipinski definition) is 2. The molecule has 0 saturated carbocycles. The molecule has 1 saturated heterocycles. The van der Waals surface area contributed by atoms with E-state index in [0.717, 1.165) is 12.1 Å².